The first-order valence-electron chi connectivity index (χ1n) is 3.76. The van der Waals surface area contributed by atoms with Gasteiger partial charge in [-0.3, -0.25) is 0 Å². The predicted octanol–water partition coefficient (Wildman–Crippen LogP) is 2.35. The Morgan fingerprint density at radius 1 is 1.64 bits per heavy atom. The smallest absolute Gasteiger partial charge is 0.0634 e. The number of rotatable bonds is 3. The van der Waals surface area contributed by atoms with Gasteiger partial charge in [-0.2, -0.15) is 5.48 Å². The van der Waals surface area contributed by atoms with Gasteiger partial charge < -0.3 is 5.21 Å². The summed E-state index contributed by atoms with van der Waals surface area (Å²) >= 11 is 1.74. The first kappa shape index (κ1) is 8.71. The number of aryl methyl sites for hydroxylation is 1. The van der Waals surface area contributed by atoms with E-state index in [-0.39, 0.29) is 6.04 Å². The summed E-state index contributed by atoms with van der Waals surface area (Å²) in [5.74, 6) is 0. The molecule has 0 bridgehead atoms. The highest BCUT2D eigenvalue weighted by molar-refractivity contribution is 7.12. The fourth-order valence-electron chi connectivity index (χ4n) is 0.881. The first-order chi connectivity index (χ1) is 5.27. The zero-order valence-electron chi connectivity index (χ0n) is 6.79. The molecule has 0 saturated heterocycles. The van der Waals surface area contributed by atoms with Crippen LogP contribution in [0.2, 0.25) is 0 Å². The average molecular weight is 171 g/mol. The number of hydrogen-bond acceptors (Lipinski definition) is 3. The molecule has 0 aromatic carbocycles. The maximum absolute atomic E-state index is 8.63. The molecular formula is C8H13NOS. The summed E-state index contributed by atoms with van der Waals surface area (Å²) in [4.78, 5) is 2.55. The second kappa shape index (κ2) is 3.85. The van der Waals surface area contributed by atoms with E-state index in [1.54, 1.807) is 11.3 Å². The minimum absolute atomic E-state index is 0.0558. The van der Waals surface area contributed by atoms with Crippen molar-refractivity contribution in [2.45, 2.75) is 26.3 Å². The maximum Gasteiger partial charge on any atom is 0.0634 e. The first-order valence-corrected chi connectivity index (χ1v) is 4.57. The fourth-order valence-corrected chi connectivity index (χ4v) is 1.83. The van der Waals surface area contributed by atoms with Crippen LogP contribution in [0.25, 0.3) is 0 Å². The summed E-state index contributed by atoms with van der Waals surface area (Å²) in [5, 5.41) is 8.63. The minimum atomic E-state index is 0.0558. The van der Waals surface area contributed by atoms with Gasteiger partial charge in [0, 0.05) is 9.75 Å². The molecule has 1 aromatic heterocycles. The van der Waals surface area contributed by atoms with E-state index in [0.717, 1.165) is 6.42 Å². The van der Waals surface area contributed by atoms with Crippen molar-refractivity contribution in [3.8, 4) is 0 Å². The van der Waals surface area contributed by atoms with Crippen LogP contribution in [-0.4, -0.2) is 5.21 Å². The van der Waals surface area contributed by atoms with E-state index >= 15 is 0 Å². The van der Waals surface area contributed by atoms with Crippen LogP contribution < -0.4 is 5.48 Å². The molecule has 0 amide bonds. The highest BCUT2D eigenvalue weighted by atomic mass is 32.1. The summed E-state index contributed by atoms with van der Waals surface area (Å²) in [6.45, 7) is 4.07. The van der Waals surface area contributed by atoms with Gasteiger partial charge in [-0.1, -0.05) is 6.92 Å². The van der Waals surface area contributed by atoms with Crippen molar-refractivity contribution in [2.24, 2.45) is 0 Å². The van der Waals surface area contributed by atoms with Crippen LogP contribution in [0, 0.1) is 0 Å². The molecule has 0 radical (unpaired) electrons. The van der Waals surface area contributed by atoms with Crippen LogP contribution in [0.5, 0.6) is 0 Å². The van der Waals surface area contributed by atoms with E-state index in [9.17, 15) is 0 Å². The predicted molar refractivity (Wildman–Crippen MR) is 47.0 cm³/mol. The molecule has 2 nitrogen and oxygen atoms in total. The Labute approximate surface area is 70.8 Å². The second-order valence-electron chi connectivity index (χ2n) is 2.51. The molecule has 0 fully saturated rings. The van der Waals surface area contributed by atoms with Crippen LogP contribution in [0.4, 0.5) is 0 Å². The summed E-state index contributed by atoms with van der Waals surface area (Å²) < 4.78 is 0. The van der Waals surface area contributed by atoms with Gasteiger partial charge in [0.05, 0.1) is 6.04 Å². The van der Waals surface area contributed by atoms with Gasteiger partial charge in [-0.25, -0.2) is 0 Å². The van der Waals surface area contributed by atoms with Gasteiger partial charge in [0.15, 0.2) is 0 Å². The molecule has 0 spiro atoms. The maximum atomic E-state index is 8.63. The Morgan fingerprint density at radius 2 is 2.36 bits per heavy atom. The molecule has 11 heavy (non-hydrogen) atoms. The van der Waals surface area contributed by atoms with E-state index in [1.807, 2.05) is 6.92 Å². The molecule has 1 atom stereocenters. The number of thiophene rings is 1. The lowest BCUT2D eigenvalue weighted by Gasteiger charge is -2.03. The standard InChI is InChI=1S/C8H13NOS/c1-3-7-4-5-8(11-7)6(2)9-10/h4-6,9-10H,3H2,1-2H3. The fraction of sp³-hybridized carbons (Fsp3) is 0.500. The van der Waals surface area contributed by atoms with Gasteiger partial charge in [0.1, 0.15) is 0 Å². The Hall–Kier alpha value is -0.380. The number of nitrogens with one attached hydrogen (secondary N) is 1. The zero-order chi connectivity index (χ0) is 8.27. The van der Waals surface area contributed by atoms with Crippen LogP contribution >= 0.6 is 11.3 Å². The van der Waals surface area contributed by atoms with Gasteiger partial charge >= 0.3 is 0 Å². The van der Waals surface area contributed by atoms with Gasteiger partial charge in [-0.05, 0) is 25.5 Å². The summed E-state index contributed by atoms with van der Waals surface area (Å²) in [5.41, 5.74) is 2.23. The molecule has 1 heterocycles. The van der Waals surface area contributed by atoms with Gasteiger partial charge in [0.2, 0.25) is 0 Å². The molecule has 2 N–H and O–H groups in total. The van der Waals surface area contributed by atoms with Crippen molar-refractivity contribution in [3.05, 3.63) is 21.9 Å². The van der Waals surface area contributed by atoms with E-state index in [2.05, 4.69) is 24.5 Å². The molecule has 0 aliphatic carbocycles. The summed E-state index contributed by atoms with van der Waals surface area (Å²) in [6, 6.07) is 4.21. The van der Waals surface area contributed by atoms with Gasteiger partial charge in [-0.15, -0.1) is 11.3 Å². The molecule has 1 aromatic rings. The average Bonchev–Trinajstić information content (AvgIpc) is 2.50. The number of hydroxylamine groups is 1. The second-order valence-corrected chi connectivity index (χ2v) is 3.71. The third-order valence-electron chi connectivity index (χ3n) is 1.65. The van der Waals surface area contributed by atoms with Crippen molar-refractivity contribution in [3.63, 3.8) is 0 Å². The molecular weight excluding hydrogens is 158 g/mol. The highest BCUT2D eigenvalue weighted by Crippen LogP contribution is 2.22. The monoisotopic (exact) mass is 171 g/mol. The normalized spacial score (nSPS) is 13.4. The highest BCUT2D eigenvalue weighted by Gasteiger charge is 2.05. The van der Waals surface area contributed by atoms with Crippen molar-refractivity contribution in [1.82, 2.24) is 5.48 Å². The van der Waals surface area contributed by atoms with E-state index in [4.69, 9.17) is 5.21 Å². The molecule has 1 rings (SSSR count). The SMILES string of the molecule is CCc1ccc(C(C)NO)s1. The largest absolute Gasteiger partial charge is 0.316 e. The third-order valence-corrected chi connectivity index (χ3v) is 3.06. The quantitative estimate of drug-likeness (QED) is 0.684. The van der Waals surface area contributed by atoms with Crippen molar-refractivity contribution >= 4 is 11.3 Å². The molecule has 0 aliphatic rings. The molecule has 0 saturated carbocycles. The van der Waals surface area contributed by atoms with Crippen molar-refractivity contribution in [2.75, 3.05) is 0 Å². The number of hydrogen-bond donors (Lipinski definition) is 2. The summed E-state index contributed by atoms with van der Waals surface area (Å²) in [7, 11) is 0. The van der Waals surface area contributed by atoms with E-state index in [1.165, 1.54) is 9.75 Å². The van der Waals surface area contributed by atoms with Gasteiger partial charge in [0.25, 0.3) is 0 Å². The topological polar surface area (TPSA) is 32.3 Å². The lowest BCUT2D eigenvalue weighted by Crippen LogP contribution is -2.11. The molecule has 62 valence electrons. The van der Waals surface area contributed by atoms with Crippen LogP contribution in [0.15, 0.2) is 12.1 Å². The lowest BCUT2D eigenvalue weighted by molar-refractivity contribution is 0.135. The van der Waals surface area contributed by atoms with Crippen LogP contribution in [0.1, 0.15) is 29.6 Å². The van der Waals surface area contributed by atoms with Crippen LogP contribution in [0.3, 0.4) is 0 Å². The molecule has 0 aliphatic heterocycles. The Balaban J connectivity index is 2.71. The van der Waals surface area contributed by atoms with Crippen molar-refractivity contribution < 1.29 is 5.21 Å². The third kappa shape index (κ3) is 2.02. The Bertz CT molecular complexity index is 222. The lowest BCUT2D eigenvalue weighted by atomic mass is 10.3. The van der Waals surface area contributed by atoms with E-state index < -0.39 is 0 Å². The summed E-state index contributed by atoms with van der Waals surface area (Å²) in [6.07, 6.45) is 1.07. The Morgan fingerprint density at radius 3 is 2.82 bits per heavy atom. The van der Waals surface area contributed by atoms with E-state index in [0.29, 0.717) is 0 Å². The molecule has 3 heteroatoms. The van der Waals surface area contributed by atoms with Crippen molar-refractivity contribution in [1.29, 1.82) is 0 Å². The minimum Gasteiger partial charge on any atom is -0.316 e. The Kier molecular flexibility index (Phi) is 3.05. The molecule has 1 unspecified atom stereocenters. The zero-order valence-corrected chi connectivity index (χ0v) is 7.61. The van der Waals surface area contributed by atoms with Crippen LogP contribution in [-0.2, 0) is 6.42 Å².